The summed E-state index contributed by atoms with van der Waals surface area (Å²) in [4.78, 5) is 63.3. The molecule has 1 fully saturated rings. The fourth-order valence-electron chi connectivity index (χ4n) is 4.18. The largest absolute Gasteiger partial charge is 0.461 e. The molecule has 1 saturated heterocycles. The van der Waals surface area contributed by atoms with Crippen LogP contribution in [0.4, 0.5) is 8.78 Å². The van der Waals surface area contributed by atoms with Crippen molar-refractivity contribution >= 4 is 34.7 Å². The van der Waals surface area contributed by atoms with E-state index in [1.165, 1.54) is 6.92 Å². The lowest BCUT2D eigenvalue weighted by Gasteiger charge is -2.12. The maximum atomic E-state index is 14.9. The molecular formula is C27H25F2NO10. The number of halogens is 2. The van der Waals surface area contributed by atoms with Gasteiger partial charge in [0.05, 0.1) is 0 Å². The Morgan fingerprint density at radius 2 is 1.75 bits per heavy atom. The van der Waals surface area contributed by atoms with E-state index in [1.54, 1.807) is 12.1 Å². The number of esters is 1. The van der Waals surface area contributed by atoms with Gasteiger partial charge in [0.1, 0.15) is 17.1 Å². The highest BCUT2D eigenvalue weighted by atomic mass is 19.1. The second-order valence-corrected chi connectivity index (χ2v) is 9.04. The zero-order valence-electron chi connectivity index (χ0n) is 21.7. The zero-order chi connectivity index (χ0) is 29.0. The average Bonchev–Trinajstić information content (AvgIpc) is 3.48. The van der Waals surface area contributed by atoms with Gasteiger partial charge in [-0.2, -0.15) is 4.39 Å². The maximum absolute atomic E-state index is 14.9. The summed E-state index contributed by atoms with van der Waals surface area (Å²) in [6.45, 7) is 1.87. The number of rotatable bonds is 11. The van der Waals surface area contributed by atoms with Gasteiger partial charge in [0.2, 0.25) is 12.6 Å². The molecule has 4 rings (SSSR count). The summed E-state index contributed by atoms with van der Waals surface area (Å²) in [6, 6.07) is 4.16. The topological polar surface area (TPSA) is 143 Å². The zero-order valence-corrected chi connectivity index (χ0v) is 21.7. The molecule has 212 valence electrons. The van der Waals surface area contributed by atoms with Crippen molar-refractivity contribution in [3.63, 3.8) is 0 Å². The third kappa shape index (κ3) is 6.19. The number of amides is 2. The lowest BCUT2D eigenvalue weighted by Crippen LogP contribution is -2.31. The fraction of sp³-hybridized carbons (Fsp3) is 0.370. The van der Waals surface area contributed by atoms with Crippen molar-refractivity contribution in [2.75, 3.05) is 6.79 Å². The quantitative estimate of drug-likeness (QED) is 0.110. The molecule has 0 atom stereocenters. The normalized spacial score (nSPS) is 13.2. The third-order valence-electron chi connectivity index (χ3n) is 6.19. The van der Waals surface area contributed by atoms with E-state index in [1.807, 2.05) is 0 Å². The first kappa shape index (κ1) is 28.5. The molecule has 40 heavy (non-hydrogen) atoms. The van der Waals surface area contributed by atoms with Gasteiger partial charge in [-0.3, -0.25) is 14.4 Å². The van der Waals surface area contributed by atoms with Crippen molar-refractivity contribution in [1.29, 1.82) is 0 Å². The average molecular weight is 561 g/mol. The molecule has 13 heteroatoms. The number of carbonyl (C=O) groups is 4. The van der Waals surface area contributed by atoms with E-state index in [-0.39, 0.29) is 41.5 Å². The molecule has 0 bridgehead atoms. The van der Waals surface area contributed by atoms with Crippen LogP contribution < -0.4 is 10.4 Å². The van der Waals surface area contributed by atoms with E-state index in [2.05, 4.69) is 4.74 Å². The number of ether oxygens (including phenoxy) is 2. The van der Waals surface area contributed by atoms with Gasteiger partial charge in [-0.25, -0.2) is 14.0 Å². The predicted molar refractivity (Wildman–Crippen MR) is 131 cm³/mol. The van der Waals surface area contributed by atoms with Crippen LogP contribution in [0.3, 0.4) is 0 Å². The minimum Gasteiger partial charge on any atom is -0.461 e. The second kappa shape index (κ2) is 12.1. The smallest absolute Gasteiger partial charge is 0.347 e. The van der Waals surface area contributed by atoms with Crippen LogP contribution in [0, 0.1) is 18.6 Å². The van der Waals surface area contributed by atoms with Crippen molar-refractivity contribution in [2.24, 2.45) is 0 Å². The van der Waals surface area contributed by atoms with Crippen LogP contribution in [0.5, 0.6) is 5.75 Å². The second-order valence-electron chi connectivity index (χ2n) is 9.04. The Balaban J connectivity index is 1.38. The van der Waals surface area contributed by atoms with E-state index < -0.39 is 59.1 Å². The van der Waals surface area contributed by atoms with Crippen molar-refractivity contribution in [1.82, 2.24) is 5.06 Å². The number of aryl methyl sites for hydroxylation is 2. The fourth-order valence-corrected chi connectivity index (χ4v) is 4.18. The summed E-state index contributed by atoms with van der Waals surface area (Å²) in [5, 5.41) is 0.505. The Morgan fingerprint density at radius 3 is 2.45 bits per heavy atom. The monoisotopic (exact) mass is 561 g/mol. The molecule has 1 aromatic carbocycles. The lowest BCUT2D eigenvalue weighted by atomic mass is 10.0. The number of hydrogen-bond donors (Lipinski definition) is 0. The van der Waals surface area contributed by atoms with Crippen LogP contribution in [0.2, 0.25) is 0 Å². The molecule has 2 amide bonds. The standard InChI is InChI=1S/C27H25F2NO10/c1-14-17-12-18(28)26(37-13-36-15(2)31)24(29)25(17)39-27(35)23(14)19-9-8-16(38-19)6-4-3-5-7-22(34)40-30-20(32)10-11-21(30)33/h8-9,12H,3-7,10-11,13H2,1-2H3. The maximum Gasteiger partial charge on any atom is 0.347 e. The molecule has 0 saturated carbocycles. The molecule has 0 unspecified atom stereocenters. The van der Waals surface area contributed by atoms with Crippen LogP contribution in [-0.2, 0) is 35.2 Å². The number of benzene rings is 1. The van der Waals surface area contributed by atoms with Crippen molar-refractivity contribution in [3.05, 3.63) is 51.6 Å². The van der Waals surface area contributed by atoms with E-state index in [0.717, 1.165) is 13.0 Å². The highest BCUT2D eigenvalue weighted by molar-refractivity contribution is 6.01. The van der Waals surface area contributed by atoms with Gasteiger partial charge in [-0.05, 0) is 43.5 Å². The Hall–Kier alpha value is -4.55. The first-order chi connectivity index (χ1) is 19.1. The number of furan rings is 1. The molecule has 0 spiro atoms. The number of fused-ring (bicyclic) bond motifs is 1. The van der Waals surface area contributed by atoms with Gasteiger partial charge in [-0.1, -0.05) is 6.42 Å². The van der Waals surface area contributed by atoms with Crippen molar-refractivity contribution in [2.45, 2.75) is 58.8 Å². The van der Waals surface area contributed by atoms with Crippen LogP contribution in [-0.4, -0.2) is 35.6 Å². The third-order valence-corrected chi connectivity index (χ3v) is 6.19. The SMILES string of the molecule is CC(=O)OCOc1c(F)cc2c(C)c(-c3ccc(CCCCCC(=O)ON4C(=O)CCC4=O)o3)c(=O)oc2c1F. The van der Waals surface area contributed by atoms with Gasteiger partial charge in [0.25, 0.3) is 11.8 Å². The summed E-state index contributed by atoms with van der Waals surface area (Å²) >= 11 is 0. The number of unbranched alkanes of at least 4 members (excludes halogenated alkanes) is 2. The molecule has 2 aromatic heterocycles. The first-order valence-corrected chi connectivity index (χ1v) is 12.4. The molecule has 0 aliphatic carbocycles. The number of hydrogen-bond acceptors (Lipinski definition) is 10. The summed E-state index contributed by atoms with van der Waals surface area (Å²) in [7, 11) is 0. The number of hydroxylamine groups is 2. The molecule has 11 nitrogen and oxygen atoms in total. The molecule has 1 aliphatic rings. The summed E-state index contributed by atoms with van der Waals surface area (Å²) in [5.41, 5.74) is -1.20. The lowest BCUT2D eigenvalue weighted by molar-refractivity contribution is -0.197. The minimum atomic E-state index is -1.25. The van der Waals surface area contributed by atoms with Gasteiger partial charge in [0.15, 0.2) is 17.1 Å². The minimum absolute atomic E-state index is 0.000108. The van der Waals surface area contributed by atoms with Crippen molar-refractivity contribution in [3.8, 4) is 17.1 Å². The van der Waals surface area contributed by atoms with E-state index in [9.17, 15) is 32.8 Å². The number of carbonyl (C=O) groups excluding carboxylic acids is 4. The van der Waals surface area contributed by atoms with Gasteiger partial charge < -0.3 is 23.1 Å². The molecule has 0 N–H and O–H groups in total. The Morgan fingerprint density at radius 1 is 1.02 bits per heavy atom. The van der Waals surface area contributed by atoms with E-state index >= 15 is 0 Å². The molecular weight excluding hydrogens is 536 g/mol. The van der Waals surface area contributed by atoms with E-state index in [4.69, 9.17) is 18.4 Å². The van der Waals surface area contributed by atoms with Crippen LogP contribution in [0.25, 0.3) is 22.3 Å². The van der Waals surface area contributed by atoms with Gasteiger partial charge in [0, 0.05) is 38.0 Å². The van der Waals surface area contributed by atoms with Crippen LogP contribution >= 0.6 is 0 Å². The van der Waals surface area contributed by atoms with Gasteiger partial charge in [-0.15, -0.1) is 5.06 Å². The summed E-state index contributed by atoms with van der Waals surface area (Å²) < 4.78 is 49.9. The van der Waals surface area contributed by atoms with E-state index in [0.29, 0.717) is 36.5 Å². The highest BCUT2D eigenvalue weighted by Crippen LogP contribution is 2.34. The predicted octanol–water partition coefficient (Wildman–Crippen LogP) is 4.25. The first-order valence-electron chi connectivity index (χ1n) is 12.4. The number of imide groups is 1. The summed E-state index contributed by atoms with van der Waals surface area (Å²) in [6.07, 6.45) is 2.26. The van der Waals surface area contributed by atoms with Crippen LogP contribution in [0.15, 0.2) is 31.8 Å². The highest BCUT2D eigenvalue weighted by Gasteiger charge is 2.32. The molecule has 0 radical (unpaired) electrons. The van der Waals surface area contributed by atoms with Crippen LogP contribution in [0.1, 0.15) is 56.8 Å². The molecule has 3 heterocycles. The molecule has 3 aromatic rings. The summed E-state index contributed by atoms with van der Waals surface area (Å²) in [5.74, 6) is -4.94. The van der Waals surface area contributed by atoms with Gasteiger partial charge >= 0.3 is 17.6 Å². The van der Waals surface area contributed by atoms with Crippen molar-refractivity contribution < 1.29 is 51.1 Å². The number of nitrogens with zero attached hydrogens (tertiary/aromatic N) is 1. The Labute approximate surface area is 225 Å². The molecule has 1 aliphatic heterocycles. The Kier molecular flexibility index (Phi) is 8.61. The Bertz CT molecular complexity index is 1520.